The number of aliphatic imine (C=N–C) groups is 1. The van der Waals surface area contributed by atoms with Crippen LogP contribution in [-0.4, -0.2) is 60.9 Å². The third-order valence-electron chi connectivity index (χ3n) is 4.86. The summed E-state index contributed by atoms with van der Waals surface area (Å²) < 4.78 is 5.01. The second kappa shape index (κ2) is 6.17. The number of esters is 1. The predicted octanol–water partition coefficient (Wildman–Crippen LogP) is 2.92. The zero-order valence-corrected chi connectivity index (χ0v) is 16.7. The van der Waals surface area contributed by atoms with Crippen molar-refractivity contribution in [3.8, 4) is 0 Å². The van der Waals surface area contributed by atoms with Gasteiger partial charge in [0, 0.05) is 17.7 Å². The van der Waals surface area contributed by atoms with Crippen molar-refractivity contribution in [3.63, 3.8) is 0 Å². The van der Waals surface area contributed by atoms with Crippen LogP contribution in [0.25, 0.3) is 0 Å². The minimum atomic E-state index is -0.263. The molecule has 0 aromatic rings. The fourth-order valence-electron chi connectivity index (χ4n) is 3.91. The van der Waals surface area contributed by atoms with Gasteiger partial charge in [0.05, 0.1) is 19.7 Å². The van der Waals surface area contributed by atoms with Gasteiger partial charge in [0.1, 0.15) is 11.9 Å². The molecule has 1 saturated heterocycles. The summed E-state index contributed by atoms with van der Waals surface area (Å²) in [6.07, 6.45) is 0. The Labute approximate surface area is 146 Å². The highest BCUT2D eigenvalue weighted by Crippen LogP contribution is 2.40. The second-order valence-corrected chi connectivity index (χ2v) is 9.05. The smallest absolute Gasteiger partial charge is 0.324 e. The first-order valence-electron chi connectivity index (χ1n) is 8.75. The van der Waals surface area contributed by atoms with E-state index < -0.39 is 0 Å². The normalized spacial score (nSPS) is 26.2. The van der Waals surface area contributed by atoms with E-state index in [0.29, 0.717) is 6.54 Å². The molecule has 0 N–H and O–H groups in total. The summed E-state index contributed by atoms with van der Waals surface area (Å²) in [5.41, 5.74) is 2.64. The van der Waals surface area contributed by atoms with Gasteiger partial charge in [-0.25, -0.2) is 0 Å². The molecule has 1 fully saturated rings. The molecule has 2 aliphatic rings. The Morgan fingerprint density at radius 1 is 1.17 bits per heavy atom. The number of piperazine rings is 1. The summed E-state index contributed by atoms with van der Waals surface area (Å²) in [6, 6.07) is -0.102. The summed E-state index contributed by atoms with van der Waals surface area (Å²) >= 11 is 0. The SMILES string of the molecule is COC(=O)C1CN2C(C(C)(C)C)=N[C@@H](C)C(C(C)(C)C)=C2CN1C. The van der Waals surface area contributed by atoms with E-state index in [1.54, 1.807) is 0 Å². The zero-order chi connectivity index (χ0) is 18.4. The molecule has 0 bridgehead atoms. The van der Waals surface area contributed by atoms with Crippen molar-refractivity contribution in [1.82, 2.24) is 9.80 Å². The molecular weight excluding hydrogens is 302 g/mol. The van der Waals surface area contributed by atoms with Gasteiger partial charge in [-0.05, 0) is 25.0 Å². The molecule has 2 atom stereocenters. The first-order valence-corrected chi connectivity index (χ1v) is 8.75. The Kier molecular flexibility index (Phi) is 4.88. The molecule has 2 aliphatic heterocycles. The van der Waals surface area contributed by atoms with E-state index in [2.05, 4.69) is 58.3 Å². The van der Waals surface area contributed by atoms with Gasteiger partial charge in [-0.15, -0.1) is 0 Å². The monoisotopic (exact) mass is 335 g/mol. The van der Waals surface area contributed by atoms with Crippen LogP contribution in [0.4, 0.5) is 0 Å². The maximum Gasteiger partial charge on any atom is 0.324 e. The van der Waals surface area contributed by atoms with Crippen molar-refractivity contribution in [2.24, 2.45) is 15.8 Å². The fraction of sp³-hybridized carbons (Fsp3) is 0.789. The summed E-state index contributed by atoms with van der Waals surface area (Å²) in [5.74, 6) is 0.890. The van der Waals surface area contributed by atoms with Gasteiger partial charge < -0.3 is 9.64 Å². The minimum absolute atomic E-state index is 0.0405. The Morgan fingerprint density at radius 3 is 2.21 bits per heavy atom. The fourth-order valence-corrected chi connectivity index (χ4v) is 3.91. The van der Waals surface area contributed by atoms with Gasteiger partial charge in [-0.3, -0.25) is 14.7 Å². The van der Waals surface area contributed by atoms with E-state index in [4.69, 9.17) is 9.73 Å². The van der Waals surface area contributed by atoms with E-state index in [1.165, 1.54) is 18.4 Å². The largest absolute Gasteiger partial charge is 0.468 e. The molecule has 2 heterocycles. The molecule has 0 spiro atoms. The van der Waals surface area contributed by atoms with Crippen LogP contribution >= 0.6 is 0 Å². The quantitative estimate of drug-likeness (QED) is 0.691. The van der Waals surface area contributed by atoms with Crippen LogP contribution in [0.5, 0.6) is 0 Å². The number of nitrogens with zero attached hydrogens (tertiary/aromatic N) is 3. The number of methoxy groups -OCH3 is 1. The highest BCUT2D eigenvalue weighted by atomic mass is 16.5. The molecule has 5 heteroatoms. The summed E-state index contributed by atoms with van der Waals surface area (Å²) in [5, 5.41) is 0. The van der Waals surface area contributed by atoms with E-state index in [1.807, 2.05) is 7.05 Å². The lowest BCUT2D eigenvalue weighted by Crippen LogP contribution is -2.59. The maximum atomic E-state index is 12.2. The minimum Gasteiger partial charge on any atom is -0.468 e. The molecule has 0 amide bonds. The van der Waals surface area contributed by atoms with Crippen LogP contribution in [0, 0.1) is 10.8 Å². The summed E-state index contributed by atoms with van der Waals surface area (Å²) in [4.78, 5) is 21.6. The summed E-state index contributed by atoms with van der Waals surface area (Å²) in [6.45, 7) is 16.8. The lowest BCUT2D eigenvalue weighted by molar-refractivity contribution is -0.147. The molecule has 0 aliphatic carbocycles. The number of hydrogen-bond donors (Lipinski definition) is 0. The standard InChI is InChI=1S/C19H33N3O2/c1-12-15(18(2,3)4)13-10-21(8)14(16(23)24-9)11-22(13)17(20-12)19(5,6)7/h12,14H,10-11H2,1-9H3/t12-,14?/m0/s1. The molecule has 0 aromatic carbocycles. The van der Waals surface area contributed by atoms with Crippen LogP contribution < -0.4 is 0 Å². The number of likely N-dealkylation sites (N-methyl/N-ethyl adjacent to an activating group) is 1. The van der Waals surface area contributed by atoms with E-state index in [0.717, 1.165) is 12.4 Å². The average molecular weight is 335 g/mol. The van der Waals surface area contributed by atoms with Crippen molar-refractivity contribution in [1.29, 1.82) is 0 Å². The van der Waals surface area contributed by atoms with Crippen LogP contribution in [0.2, 0.25) is 0 Å². The first-order chi connectivity index (χ1) is 10.9. The third-order valence-corrected chi connectivity index (χ3v) is 4.86. The summed E-state index contributed by atoms with van der Waals surface area (Å²) in [7, 11) is 3.46. The van der Waals surface area contributed by atoms with E-state index in [9.17, 15) is 4.79 Å². The van der Waals surface area contributed by atoms with Crippen molar-refractivity contribution < 1.29 is 9.53 Å². The highest BCUT2D eigenvalue weighted by Gasteiger charge is 2.43. The third kappa shape index (κ3) is 3.37. The topological polar surface area (TPSA) is 45.1 Å². The van der Waals surface area contributed by atoms with Gasteiger partial charge in [-0.1, -0.05) is 41.5 Å². The number of fused-ring (bicyclic) bond motifs is 1. The van der Waals surface area contributed by atoms with Gasteiger partial charge in [0.2, 0.25) is 0 Å². The van der Waals surface area contributed by atoms with Gasteiger partial charge >= 0.3 is 5.97 Å². The van der Waals surface area contributed by atoms with E-state index in [-0.39, 0.29) is 28.9 Å². The number of ether oxygens (including phenoxy) is 1. The second-order valence-electron chi connectivity index (χ2n) is 9.05. The predicted molar refractivity (Wildman–Crippen MR) is 98.0 cm³/mol. The number of carbonyl (C=O) groups excluding carboxylic acids is 1. The molecule has 1 unspecified atom stereocenters. The van der Waals surface area contributed by atoms with Crippen molar-refractivity contribution in [2.45, 2.75) is 60.5 Å². The Morgan fingerprint density at radius 2 is 1.75 bits per heavy atom. The highest BCUT2D eigenvalue weighted by molar-refractivity contribution is 5.91. The van der Waals surface area contributed by atoms with Crippen LogP contribution in [0.3, 0.4) is 0 Å². The van der Waals surface area contributed by atoms with Crippen molar-refractivity contribution >= 4 is 11.8 Å². The maximum absolute atomic E-state index is 12.2. The lowest BCUT2D eigenvalue weighted by Gasteiger charge is -2.49. The Bertz CT molecular complexity index is 578. The van der Waals surface area contributed by atoms with Crippen LogP contribution in [0.1, 0.15) is 48.5 Å². The molecule has 24 heavy (non-hydrogen) atoms. The molecule has 0 radical (unpaired) electrons. The van der Waals surface area contributed by atoms with Crippen molar-refractivity contribution in [3.05, 3.63) is 11.3 Å². The number of carbonyl (C=O) groups is 1. The van der Waals surface area contributed by atoms with Gasteiger partial charge in [-0.2, -0.15) is 0 Å². The molecule has 0 aromatic heterocycles. The Balaban J connectivity index is 2.55. The average Bonchev–Trinajstić information content (AvgIpc) is 2.42. The molecule has 0 saturated carbocycles. The molecule has 136 valence electrons. The number of amidine groups is 1. The van der Waals surface area contributed by atoms with Gasteiger partial charge in [0.25, 0.3) is 0 Å². The molecule has 5 nitrogen and oxygen atoms in total. The van der Waals surface area contributed by atoms with E-state index >= 15 is 0 Å². The number of hydrogen-bond acceptors (Lipinski definition) is 5. The number of rotatable bonds is 1. The zero-order valence-electron chi connectivity index (χ0n) is 16.7. The van der Waals surface area contributed by atoms with Gasteiger partial charge in [0.15, 0.2) is 0 Å². The molecule has 2 rings (SSSR count). The lowest BCUT2D eigenvalue weighted by atomic mass is 9.78. The van der Waals surface area contributed by atoms with Crippen LogP contribution in [-0.2, 0) is 9.53 Å². The molecular formula is C19H33N3O2. The Hall–Kier alpha value is -1.36. The van der Waals surface area contributed by atoms with Crippen molar-refractivity contribution in [2.75, 3.05) is 27.2 Å². The first kappa shape index (κ1) is 19.0. The van der Waals surface area contributed by atoms with Crippen LogP contribution in [0.15, 0.2) is 16.3 Å².